The van der Waals surface area contributed by atoms with Gasteiger partial charge in [0.05, 0.1) is 16.6 Å². The van der Waals surface area contributed by atoms with Gasteiger partial charge in [-0.1, -0.05) is 146 Å². The number of rotatable bonds is 6. The number of hydrogen-bond acceptors (Lipinski definition) is 3. The molecule has 314 valence electrons. The molecule has 4 aliphatic rings. The second-order valence-corrected chi connectivity index (χ2v) is 17.6. The van der Waals surface area contributed by atoms with Crippen LogP contribution in [0.1, 0.15) is 66.9 Å². The largest absolute Gasteiger partial charge is 0.511 e. The van der Waals surface area contributed by atoms with Crippen molar-refractivity contribution in [1.82, 2.24) is 14.8 Å². The summed E-state index contributed by atoms with van der Waals surface area (Å²) >= 11 is 0. The fourth-order valence-corrected chi connectivity index (χ4v) is 12.0. The van der Waals surface area contributed by atoms with Crippen LogP contribution in [0, 0.1) is 25.7 Å². The van der Waals surface area contributed by atoms with Crippen molar-refractivity contribution in [3.8, 4) is 33.4 Å². The molecule has 0 atom stereocenters. The summed E-state index contributed by atoms with van der Waals surface area (Å²) in [4.78, 5) is 9.77. The van der Waals surface area contributed by atoms with Crippen LogP contribution in [0.15, 0.2) is 213 Å². The van der Waals surface area contributed by atoms with E-state index in [1.807, 2.05) is 6.20 Å². The van der Waals surface area contributed by atoms with E-state index in [0.717, 1.165) is 27.9 Å². The van der Waals surface area contributed by atoms with Gasteiger partial charge in [0.2, 0.25) is 0 Å². The zero-order chi connectivity index (χ0) is 42.6. The molecule has 1 aliphatic heterocycles. The molecule has 0 saturated heterocycles. The third-order valence-electron chi connectivity index (χ3n) is 14.5. The number of aryl methyl sites for hydroxylation is 1. The molecule has 65 heavy (non-hydrogen) atoms. The number of benzene rings is 8. The summed E-state index contributed by atoms with van der Waals surface area (Å²) in [5, 5.41) is 0. The van der Waals surface area contributed by atoms with Gasteiger partial charge in [-0.15, -0.1) is 22.3 Å². The zero-order valence-corrected chi connectivity index (χ0v) is 38.2. The van der Waals surface area contributed by atoms with E-state index in [9.17, 15) is 0 Å². The van der Waals surface area contributed by atoms with Gasteiger partial charge < -0.3 is 9.80 Å². The SMILES string of the molecule is Cc1ccnc(C2(c3[c-]c(C4(c5[c-]c(C6(N7C=CN(C)[CH-]7)c7ccccc7-c7ccccc76)ccc5)c5ccccc5-c5ccccc54)ccc3)c3ccccc3-c3ccccc32)c1.[Pt]. The quantitative estimate of drug-likeness (QED) is 0.155. The molecule has 0 amide bonds. The molecule has 0 radical (unpaired) electrons. The molecule has 13 rings (SSSR count). The predicted octanol–water partition coefficient (Wildman–Crippen LogP) is 12.8. The van der Waals surface area contributed by atoms with E-state index in [1.165, 1.54) is 72.3 Å². The molecule has 2 heterocycles. The van der Waals surface area contributed by atoms with Gasteiger partial charge in [-0.2, -0.15) is 55.2 Å². The Bertz CT molecular complexity index is 3260. The van der Waals surface area contributed by atoms with E-state index in [2.05, 4.69) is 249 Å². The van der Waals surface area contributed by atoms with Crippen molar-refractivity contribution < 1.29 is 21.1 Å². The van der Waals surface area contributed by atoms with Crippen LogP contribution in [0.5, 0.6) is 0 Å². The van der Waals surface area contributed by atoms with Crippen LogP contribution in [0.25, 0.3) is 33.4 Å². The van der Waals surface area contributed by atoms with Gasteiger partial charge in [0.15, 0.2) is 0 Å². The maximum atomic E-state index is 5.24. The van der Waals surface area contributed by atoms with Crippen LogP contribution >= 0.6 is 0 Å². The van der Waals surface area contributed by atoms with Crippen LogP contribution in [0.4, 0.5) is 0 Å². The summed E-state index contributed by atoms with van der Waals surface area (Å²) in [6.45, 7) is 4.38. The van der Waals surface area contributed by atoms with Crippen LogP contribution in [-0.4, -0.2) is 21.8 Å². The Kier molecular flexibility index (Phi) is 8.96. The molecule has 9 aromatic rings. The van der Waals surface area contributed by atoms with E-state index in [4.69, 9.17) is 4.98 Å². The number of hydrogen-bond donors (Lipinski definition) is 0. The molecular weight excluding hydrogens is 970 g/mol. The van der Waals surface area contributed by atoms with Gasteiger partial charge >= 0.3 is 0 Å². The average Bonchev–Trinajstić information content (AvgIpc) is 4.09. The van der Waals surface area contributed by atoms with E-state index >= 15 is 0 Å². The normalized spacial score (nSPS) is 15.9. The minimum atomic E-state index is -0.780. The van der Waals surface area contributed by atoms with Crippen LogP contribution in [0.3, 0.4) is 0 Å². The van der Waals surface area contributed by atoms with E-state index in [-0.39, 0.29) is 21.1 Å². The number of nitrogens with zero attached hydrogens (tertiary/aromatic N) is 3. The standard InChI is InChI=1S/C61H42N3.Pt/c1-41-33-34-62-58(37-41)60(54-29-11-5-23-48(54)49-24-6-12-30-55(49)60)44-19-15-17-42(38-44)59(52-27-9-3-21-46(52)47-22-4-10-28-53(47)59)43-18-16-20-45(39-43)61(64-36-35-63(2)40-64)56-31-13-7-25-50(56)51-26-8-14-32-57(51)61;/h3-37,40H,1-2H3;/q-3;. The molecule has 0 saturated carbocycles. The monoisotopic (exact) mass is 1010 g/mol. The van der Waals surface area contributed by atoms with Crippen molar-refractivity contribution in [1.29, 1.82) is 0 Å². The van der Waals surface area contributed by atoms with Gasteiger partial charge in [-0.3, -0.25) is 4.98 Å². The van der Waals surface area contributed by atoms with Crippen LogP contribution in [-0.2, 0) is 37.4 Å². The molecule has 0 bridgehead atoms. The minimum Gasteiger partial charge on any atom is -0.511 e. The van der Waals surface area contributed by atoms with Crippen LogP contribution < -0.4 is 0 Å². The molecule has 0 fully saturated rings. The van der Waals surface area contributed by atoms with Gasteiger partial charge in [0, 0.05) is 32.7 Å². The van der Waals surface area contributed by atoms with Gasteiger partial charge in [-0.05, 0) is 111 Å². The van der Waals surface area contributed by atoms with Gasteiger partial charge in [0.25, 0.3) is 0 Å². The van der Waals surface area contributed by atoms with Gasteiger partial charge in [0.1, 0.15) is 0 Å². The number of aromatic nitrogens is 1. The summed E-state index contributed by atoms with van der Waals surface area (Å²) in [5.74, 6) is 0. The number of fused-ring (bicyclic) bond motifs is 9. The summed E-state index contributed by atoms with van der Waals surface area (Å²) in [6.07, 6.45) is 6.31. The summed E-state index contributed by atoms with van der Waals surface area (Å²) in [5.41, 5.74) is 19.0. The third-order valence-corrected chi connectivity index (χ3v) is 14.5. The van der Waals surface area contributed by atoms with Gasteiger partial charge in [-0.25, -0.2) is 0 Å². The Morgan fingerprint density at radius 1 is 0.431 bits per heavy atom. The fourth-order valence-electron chi connectivity index (χ4n) is 12.0. The maximum absolute atomic E-state index is 5.24. The second-order valence-electron chi connectivity index (χ2n) is 17.6. The topological polar surface area (TPSA) is 19.4 Å². The first-order chi connectivity index (χ1) is 31.5. The zero-order valence-electron chi connectivity index (χ0n) is 35.9. The molecule has 0 N–H and O–H groups in total. The van der Waals surface area contributed by atoms with Crippen molar-refractivity contribution in [3.05, 3.63) is 298 Å². The first kappa shape index (κ1) is 39.5. The molecule has 1 aromatic heterocycles. The minimum absolute atomic E-state index is 0. The first-order valence-electron chi connectivity index (χ1n) is 22.2. The molecule has 0 unspecified atom stereocenters. The maximum Gasteiger partial charge on any atom is 0.0686 e. The average molecular weight is 1010 g/mol. The second kappa shape index (κ2) is 14.7. The molecule has 3 nitrogen and oxygen atoms in total. The van der Waals surface area contributed by atoms with E-state index in [1.54, 1.807) is 0 Å². The molecule has 8 aromatic carbocycles. The van der Waals surface area contributed by atoms with E-state index in [0.29, 0.717) is 0 Å². The van der Waals surface area contributed by atoms with E-state index < -0.39 is 16.4 Å². The Labute approximate surface area is 395 Å². The van der Waals surface area contributed by atoms with Crippen molar-refractivity contribution >= 4 is 0 Å². The smallest absolute Gasteiger partial charge is 0.0686 e. The van der Waals surface area contributed by atoms with Crippen molar-refractivity contribution in [2.75, 3.05) is 7.05 Å². The summed E-state index contributed by atoms with van der Waals surface area (Å²) in [7, 11) is 2.10. The molecule has 0 spiro atoms. The molecular formula is C61H42N3Pt-3. The molecule has 3 aliphatic carbocycles. The predicted molar refractivity (Wildman–Crippen MR) is 256 cm³/mol. The van der Waals surface area contributed by atoms with Crippen molar-refractivity contribution in [3.63, 3.8) is 0 Å². The van der Waals surface area contributed by atoms with Crippen LogP contribution in [0.2, 0.25) is 0 Å². The number of pyridine rings is 1. The fraction of sp³-hybridized carbons (Fsp3) is 0.0820. The Hall–Kier alpha value is -7.06. The third kappa shape index (κ3) is 5.19. The van der Waals surface area contributed by atoms with Crippen molar-refractivity contribution in [2.24, 2.45) is 0 Å². The van der Waals surface area contributed by atoms with Crippen molar-refractivity contribution in [2.45, 2.75) is 23.3 Å². The Morgan fingerprint density at radius 3 is 1.26 bits per heavy atom. The Balaban J connectivity index is 0.00000444. The summed E-state index contributed by atoms with van der Waals surface area (Å²) < 4.78 is 0. The summed E-state index contributed by atoms with van der Waals surface area (Å²) in [6, 6.07) is 80.2. The molecule has 4 heteroatoms. The first-order valence-corrected chi connectivity index (χ1v) is 22.2. The Morgan fingerprint density at radius 2 is 0.815 bits per heavy atom.